The summed E-state index contributed by atoms with van der Waals surface area (Å²) in [5, 5.41) is 23.0. The molecule has 2 atom stereocenters. The van der Waals surface area contributed by atoms with E-state index in [0.717, 1.165) is 51.9 Å². The molecular weight excluding hydrogens is 470 g/mol. The number of fused-ring (bicyclic) bond motifs is 3. The zero-order chi connectivity index (χ0) is 25.4. The van der Waals surface area contributed by atoms with Gasteiger partial charge in [-0.15, -0.1) is 21.5 Å². The number of anilines is 1. The summed E-state index contributed by atoms with van der Waals surface area (Å²) in [7, 11) is 0. The number of aryl methyl sites for hydroxylation is 2. The number of aliphatic imine (C=N–C) groups is 1. The fraction of sp³-hybridized carbons (Fsp3) is 0.286. The maximum Gasteiger partial charge on any atom is 0.308 e. The van der Waals surface area contributed by atoms with Crippen LogP contribution >= 0.6 is 11.3 Å². The van der Waals surface area contributed by atoms with E-state index in [1.165, 1.54) is 10.4 Å². The molecule has 2 aromatic carbocycles. The normalized spacial score (nSPS) is 15.4. The third-order valence-electron chi connectivity index (χ3n) is 6.80. The van der Waals surface area contributed by atoms with Gasteiger partial charge < -0.3 is 10.4 Å². The van der Waals surface area contributed by atoms with Crippen molar-refractivity contribution in [2.24, 2.45) is 10.9 Å². The molecule has 0 saturated carbocycles. The number of hydrogen-bond acceptors (Lipinski definition) is 6. The van der Waals surface area contributed by atoms with Crippen LogP contribution in [0.4, 0.5) is 5.69 Å². The third-order valence-corrected chi connectivity index (χ3v) is 7.99. The Kier molecular flexibility index (Phi) is 6.45. The van der Waals surface area contributed by atoms with Gasteiger partial charge in [0.05, 0.1) is 11.6 Å². The van der Waals surface area contributed by atoms with Gasteiger partial charge in [0.15, 0.2) is 5.82 Å². The Bertz CT molecular complexity index is 1440. The highest BCUT2D eigenvalue weighted by Gasteiger charge is 2.36. The molecule has 7 nitrogen and oxygen atoms in total. The summed E-state index contributed by atoms with van der Waals surface area (Å²) >= 11 is 1.67. The monoisotopic (exact) mass is 499 g/mol. The lowest BCUT2D eigenvalue weighted by Crippen LogP contribution is -2.21. The predicted molar refractivity (Wildman–Crippen MR) is 144 cm³/mol. The Labute approximate surface area is 214 Å². The summed E-state index contributed by atoms with van der Waals surface area (Å²) in [5.41, 5.74) is 6.24. The summed E-state index contributed by atoms with van der Waals surface area (Å²) in [5.74, 6) is -0.369. The average Bonchev–Trinajstić information content (AvgIpc) is 3.34. The smallest absolute Gasteiger partial charge is 0.308 e. The van der Waals surface area contributed by atoms with E-state index in [1.54, 1.807) is 18.3 Å². The number of rotatable bonds is 7. The van der Waals surface area contributed by atoms with Gasteiger partial charge in [0.2, 0.25) is 0 Å². The summed E-state index contributed by atoms with van der Waals surface area (Å²) in [4.78, 5) is 18.3. The van der Waals surface area contributed by atoms with E-state index in [4.69, 9.17) is 4.99 Å². The zero-order valence-corrected chi connectivity index (χ0v) is 21.6. The quantitative estimate of drug-likeness (QED) is 0.349. The summed E-state index contributed by atoms with van der Waals surface area (Å²) in [6, 6.07) is 18.0. The van der Waals surface area contributed by atoms with E-state index in [0.29, 0.717) is 5.82 Å². The summed E-state index contributed by atoms with van der Waals surface area (Å²) in [6.07, 6.45) is 0.944. The largest absolute Gasteiger partial charge is 0.481 e. The molecule has 1 aliphatic rings. The Morgan fingerprint density at radius 2 is 1.81 bits per heavy atom. The van der Waals surface area contributed by atoms with Crippen LogP contribution in [0.2, 0.25) is 0 Å². The molecule has 0 saturated heterocycles. The maximum atomic E-state index is 12.0. The van der Waals surface area contributed by atoms with Gasteiger partial charge >= 0.3 is 5.97 Å². The topological polar surface area (TPSA) is 92.4 Å². The van der Waals surface area contributed by atoms with Crippen molar-refractivity contribution >= 4 is 28.7 Å². The molecule has 2 N–H and O–H groups in total. The number of nitrogens with zero attached hydrogens (tertiary/aromatic N) is 4. The molecule has 0 aliphatic carbocycles. The second-order valence-corrected chi connectivity index (χ2v) is 10.4. The fourth-order valence-electron chi connectivity index (χ4n) is 4.56. The number of carboxylic acids is 1. The Hall–Kier alpha value is -3.78. The number of nitrogens with one attached hydrogen (secondary N) is 1. The van der Waals surface area contributed by atoms with Crippen molar-refractivity contribution in [2.75, 3.05) is 11.9 Å². The minimum absolute atomic E-state index is 0.569. The molecule has 184 valence electrons. The van der Waals surface area contributed by atoms with Crippen molar-refractivity contribution in [3.8, 4) is 5.00 Å². The van der Waals surface area contributed by atoms with Crippen molar-refractivity contribution < 1.29 is 9.90 Å². The number of carboxylic acid groups (broad SMARTS) is 1. The van der Waals surface area contributed by atoms with E-state index < -0.39 is 17.9 Å². The molecule has 4 aromatic rings. The first-order chi connectivity index (χ1) is 17.3. The predicted octanol–water partition coefficient (Wildman–Crippen LogP) is 5.52. The van der Waals surface area contributed by atoms with Crippen LogP contribution in [0.5, 0.6) is 0 Å². The third kappa shape index (κ3) is 4.33. The van der Waals surface area contributed by atoms with Crippen LogP contribution in [0.1, 0.15) is 51.7 Å². The molecule has 2 aromatic heterocycles. The number of carbonyl (C=O) groups is 1. The number of benzene rings is 2. The van der Waals surface area contributed by atoms with Crippen LogP contribution in [-0.2, 0) is 11.2 Å². The van der Waals surface area contributed by atoms with Crippen LogP contribution in [0.25, 0.3) is 5.00 Å². The van der Waals surface area contributed by atoms with Crippen molar-refractivity contribution in [1.29, 1.82) is 0 Å². The molecule has 1 unspecified atom stereocenters. The van der Waals surface area contributed by atoms with Crippen molar-refractivity contribution in [3.63, 3.8) is 0 Å². The number of thiophene rings is 1. The van der Waals surface area contributed by atoms with Crippen LogP contribution in [0.3, 0.4) is 0 Å². The number of hydrogen-bond donors (Lipinski definition) is 2. The SMILES string of the molecule is Cc1sc2c(c1C)C(c1ccc(NCCc3ccccc3)cc1)=N[C@@H](C(C)C(=O)O)c1nnc(C)n1-2. The number of aliphatic carboxylic acids is 1. The van der Waals surface area contributed by atoms with Crippen LogP contribution in [-0.4, -0.2) is 38.1 Å². The fourth-order valence-corrected chi connectivity index (χ4v) is 5.77. The van der Waals surface area contributed by atoms with Gasteiger partial charge in [-0.2, -0.15) is 0 Å². The second kappa shape index (κ2) is 9.70. The first kappa shape index (κ1) is 23.9. The van der Waals surface area contributed by atoms with Crippen molar-refractivity contribution in [2.45, 2.75) is 40.2 Å². The molecule has 0 spiro atoms. The standard InChI is InChI=1S/C28H29N5O2S/c1-16-18(3)36-27-23(16)25(30-24(17(2)28(34)35)26-32-31-19(4)33(26)27)21-10-12-22(13-11-21)29-15-14-20-8-6-5-7-9-20/h5-13,17,24,29H,14-15H2,1-4H3,(H,34,35)/t17?,24-/m0/s1. The molecule has 3 heterocycles. The Morgan fingerprint density at radius 1 is 1.08 bits per heavy atom. The van der Waals surface area contributed by atoms with Gasteiger partial charge in [-0.1, -0.05) is 42.5 Å². The highest BCUT2D eigenvalue weighted by molar-refractivity contribution is 7.15. The van der Waals surface area contributed by atoms with Gasteiger partial charge in [-0.25, -0.2) is 0 Å². The van der Waals surface area contributed by atoms with E-state index >= 15 is 0 Å². The molecule has 0 fully saturated rings. The van der Waals surface area contributed by atoms with E-state index in [1.807, 2.05) is 17.6 Å². The molecule has 0 amide bonds. The van der Waals surface area contributed by atoms with Gasteiger partial charge in [-0.3, -0.25) is 14.4 Å². The maximum absolute atomic E-state index is 12.0. The lowest BCUT2D eigenvalue weighted by atomic mass is 9.98. The minimum atomic E-state index is -0.911. The van der Waals surface area contributed by atoms with Crippen LogP contribution < -0.4 is 5.32 Å². The van der Waals surface area contributed by atoms with Crippen LogP contribution in [0, 0.1) is 26.7 Å². The molecule has 0 bridgehead atoms. The van der Waals surface area contributed by atoms with Crippen LogP contribution in [0.15, 0.2) is 59.6 Å². The average molecular weight is 500 g/mol. The number of aromatic nitrogens is 3. The molecule has 8 heteroatoms. The van der Waals surface area contributed by atoms with Crippen molar-refractivity contribution in [1.82, 2.24) is 14.8 Å². The van der Waals surface area contributed by atoms with Crippen molar-refractivity contribution in [3.05, 3.63) is 93.4 Å². The minimum Gasteiger partial charge on any atom is -0.481 e. The lowest BCUT2D eigenvalue weighted by molar-refractivity contribution is -0.141. The summed E-state index contributed by atoms with van der Waals surface area (Å²) < 4.78 is 1.99. The molecule has 0 radical (unpaired) electrons. The Morgan fingerprint density at radius 3 is 2.50 bits per heavy atom. The van der Waals surface area contributed by atoms with Gasteiger partial charge in [0.25, 0.3) is 0 Å². The van der Waals surface area contributed by atoms with E-state index in [2.05, 4.69) is 77.9 Å². The lowest BCUT2D eigenvalue weighted by Gasteiger charge is -2.16. The van der Waals surface area contributed by atoms with Gasteiger partial charge in [0.1, 0.15) is 16.9 Å². The molecule has 1 aliphatic heterocycles. The van der Waals surface area contributed by atoms with E-state index in [9.17, 15) is 9.90 Å². The van der Waals surface area contributed by atoms with E-state index in [-0.39, 0.29) is 0 Å². The molecule has 5 rings (SSSR count). The first-order valence-electron chi connectivity index (χ1n) is 12.1. The molecule has 36 heavy (non-hydrogen) atoms. The molecular formula is C28H29N5O2S. The highest BCUT2D eigenvalue weighted by Crippen LogP contribution is 2.40. The first-order valence-corrected chi connectivity index (χ1v) is 12.9. The summed E-state index contributed by atoms with van der Waals surface area (Å²) in [6.45, 7) is 8.61. The zero-order valence-electron chi connectivity index (χ0n) is 20.8. The Balaban J connectivity index is 1.52. The van der Waals surface area contributed by atoms with Gasteiger partial charge in [0, 0.05) is 28.2 Å². The second-order valence-electron chi connectivity index (χ2n) is 9.19. The van der Waals surface area contributed by atoms with Gasteiger partial charge in [-0.05, 0) is 57.4 Å². The highest BCUT2D eigenvalue weighted by atomic mass is 32.1.